The number of imide groups is 1. The molecule has 1 aliphatic heterocycles. The highest BCUT2D eigenvalue weighted by Crippen LogP contribution is 2.36. The molecule has 4 nitrogen and oxygen atoms in total. The molecule has 1 aliphatic rings. The second kappa shape index (κ2) is 10.3. The van der Waals surface area contributed by atoms with Crippen molar-refractivity contribution in [3.63, 3.8) is 0 Å². The molecule has 1 saturated heterocycles. The van der Waals surface area contributed by atoms with Gasteiger partial charge in [0, 0.05) is 25.6 Å². The second-order valence-corrected chi connectivity index (χ2v) is 10.2. The number of rotatable bonds is 6. The van der Waals surface area contributed by atoms with Crippen LogP contribution in [0.25, 0.3) is 6.08 Å². The summed E-state index contributed by atoms with van der Waals surface area (Å²) >= 11 is 16.6. The number of benzene rings is 3. The molecule has 168 valence electrons. The van der Waals surface area contributed by atoms with Gasteiger partial charge >= 0.3 is 0 Å². The van der Waals surface area contributed by atoms with Crippen LogP contribution < -0.4 is 4.74 Å². The van der Waals surface area contributed by atoms with Crippen molar-refractivity contribution >= 4 is 68.1 Å². The lowest BCUT2D eigenvalue weighted by atomic mass is 10.1. The van der Waals surface area contributed by atoms with Crippen LogP contribution in [0.3, 0.4) is 0 Å². The summed E-state index contributed by atoms with van der Waals surface area (Å²) in [5.74, 6) is 0.243. The molecule has 0 unspecified atom stereocenters. The Morgan fingerprint density at radius 2 is 1.88 bits per heavy atom. The van der Waals surface area contributed by atoms with Gasteiger partial charge in [0.15, 0.2) is 0 Å². The van der Waals surface area contributed by atoms with Gasteiger partial charge in [0.25, 0.3) is 11.1 Å². The Morgan fingerprint density at radius 3 is 2.64 bits per heavy atom. The van der Waals surface area contributed by atoms with E-state index in [9.17, 15) is 9.59 Å². The first kappa shape index (κ1) is 23.9. The van der Waals surface area contributed by atoms with Crippen molar-refractivity contribution in [3.8, 4) is 5.75 Å². The molecular formula is C25H18BrCl2NO3S. The molecule has 0 aliphatic carbocycles. The number of nitrogens with zero attached hydrogens (tertiary/aromatic N) is 1. The van der Waals surface area contributed by atoms with Crippen molar-refractivity contribution in [1.82, 2.24) is 4.90 Å². The van der Waals surface area contributed by atoms with Crippen LogP contribution in [0.4, 0.5) is 4.79 Å². The smallest absolute Gasteiger partial charge is 0.293 e. The molecule has 2 amide bonds. The van der Waals surface area contributed by atoms with Gasteiger partial charge in [0.05, 0.1) is 11.4 Å². The summed E-state index contributed by atoms with van der Waals surface area (Å²) in [6.45, 7) is 2.44. The fourth-order valence-electron chi connectivity index (χ4n) is 3.33. The first-order chi connectivity index (χ1) is 15.8. The molecule has 3 aromatic carbocycles. The van der Waals surface area contributed by atoms with Gasteiger partial charge in [0.1, 0.15) is 12.4 Å². The van der Waals surface area contributed by atoms with Crippen molar-refractivity contribution < 1.29 is 14.3 Å². The number of thioether (sulfide) groups is 1. The number of hydrogen-bond acceptors (Lipinski definition) is 4. The Balaban J connectivity index is 1.56. The fourth-order valence-corrected chi connectivity index (χ4v) is 5.00. The van der Waals surface area contributed by atoms with Gasteiger partial charge in [-0.05, 0) is 60.7 Å². The molecule has 3 aromatic rings. The second-order valence-electron chi connectivity index (χ2n) is 7.46. The normalized spacial score (nSPS) is 14.9. The first-order valence-electron chi connectivity index (χ1n) is 9.97. The summed E-state index contributed by atoms with van der Waals surface area (Å²) in [5.41, 5.74) is 3.44. The van der Waals surface area contributed by atoms with E-state index in [1.54, 1.807) is 30.3 Å². The number of ether oxygens (including phenoxy) is 1. The summed E-state index contributed by atoms with van der Waals surface area (Å²) < 4.78 is 6.82. The highest BCUT2D eigenvalue weighted by Gasteiger charge is 2.35. The Hall–Kier alpha value is -2.25. The average Bonchev–Trinajstić information content (AvgIpc) is 3.02. The average molecular weight is 563 g/mol. The minimum atomic E-state index is -0.321. The molecule has 0 radical (unpaired) electrons. The van der Waals surface area contributed by atoms with E-state index in [0.29, 0.717) is 26.3 Å². The highest BCUT2D eigenvalue weighted by molar-refractivity contribution is 9.10. The molecule has 0 saturated carbocycles. The lowest BCUT2D eigenvalue weighted by Gasteiger charge is -2.13. The van der Waals surface area contributed by atoms with E-state index >= 15 is 0 Å². The Kier molecular flexibility index (Phi) is 7.49. The Labute approximate surface area is 214 Å². The predicted octanol–water partition coefficient (Wildman–Crippen LogP) is 7.88. The van der Waals surface area contributed by atoms with Crippen LogP contribution in [0.5, 0.6) is 5.75 Å². The maximum Gasteiger partial charge on any atom is 0.293 e. The molecule has 8 heteroatoms. The van der Waals surface area contributed by atoms with Crippen LogP contribution in [0.1, 0.15) is 22.3 Å². The molecule has 0 atom stereocenters. The Bertz CT molecular complexity index is 1280. The minimum absolute atomic E-state index is 0.229. The summed E-state index contributed by atoms with van der Waals surface area (Å²) in [6.07, 6.45) is 1.69. The third-order valence-corrected chi connectivity index (χ3v) is 6.94. The van der Waals surface area contributed by atoms with Crippen LogP contribution in [0.2, 0.25) is 10.0 Å². The van der Waals surface area contributed by atoms with Crippen LogP contribution in [-0.2, 0) is 17.9 Å². The van der Waals surface area contributed by atoms with E-state index < -0.39 is 0 Å². The maximum atomic E-state index is 13.0. The van der Waals surface area contributed by atoms with Gasteiger partial charge in [0.2, 0.25) is 0 Å². The zero-order valence-electron chi connectivity index (χ0n) is 17.5. The quantitative estimate of drug-likeness (QED) is 0.287. The topological polar surface area (TPSA) is 46.6 Å². The van der Waals surface area contributed by atoms with Crippen molar-refractivity contribution in [2.75, 3.05) is 0 Å². The van der Waals surface area contributed by atoms with Gasteiger partial charge in [-0.15, -0.1) is 0 Å². The molecule has 0 N–H and O–H groups in total. The van der Waals surface area contributed by atoms with E-state index in [-0.39, 0.29) is 24.3 Å². The molecule has 4 rings (SSSR count). The first-order valence-corrected chi connectivity index (χ1v) is 12.3. The summed E-state index contributed by atoms with van der Waals surface area (Å²) in [6, 6.07) is 18.5. The van der Waals surface area contributed by atoms with Gasteiger partial charge < -0.3 is 4.74 Å². The number of carbonyl (C=O) groups is 2. The molecule has 1 fully saturated rings. The monoisotopic (exact) mass is 561 g/mol. The summed E-state index contributed by atoms with van der Waals surface area (Å²) in [4.78, 5) is 27.2. The fraction of sp³-hybridized carbons (Fsp3) is 0.120. The van der Waals surface area contributed by atoms with Gasteiger partial charge in [-0.2, -0.15) is 0 Å². The van der Waals surface area contributed by atoms with E-state index in [1.807, 2.05) is 43.3 Å². The number of amides is 2. The van der Waals surface area contributed by atoms with Crippen molar-refractivity contribution in [2.45, 2.75) is 20.1 Å². The number of hydrogen-bond donors (Lipinski definition) is 0. The van der Waals surface area contributed by atoms with E-state index in [1.165, 1.54) is 4.90 Å². The Morgan fingerprint density at radius 1 is 1.06 bits per heavy atom. The van der Waals surface area contributed by atoms with Gasteiger partial charge in [-0.3, -0.25) is 14.5 Å². The molecule has 1 heterocycles. The zero-order valence-corrected chi connectivity index (χ0v) is 21.4. The number of carbonyl (C=O) groups excluding carboxylic acids is 2. The van der Waals surface area contributed by atoms with Gasteiger partial charge in [-0.1, -0.05) is 75.0 Å². The largest absolute Gasteiger partial charge is 0.488 e. The maximum absolute atomic E-state index is 13.0. The van der Waals surface area contributed by atoms with Crippen molar-refractivity contribution in [3.05, 3.63) is 102 Å². The van der Waals surface area contributed by atoms with E-state index in [4.69, 9.17) is 27.9 Å². The molecule has 0 spiro atoms. The van der Waals surface area contributed by atoms with Crippen molar-refractivity contribution in [2.24, 2.45) is 0 Å². The van der Waals surface area contributed by atoms with E-state index in [0.717, 1.165) is 32.9 Å². The van der Waals surface area contributed by atoms with Crippen molar-refractivity contribution in [1.29, 1.82) is 0 Å². The van der Waals surface area contributed by atoms with Gasteiger partial charge in [-0.25, -0.2) is 0 Å². The lowest BCUT2D eigenvalue weighted by Crippen LogP contribution is -2.27. The van der Waals surface area contributed by atoms with Crippen LogP contribution in [-0.4, -0.2) is 16.0 Å². The van der Waals surface area contributed by atoms with Crippen LogP contribution >= 0.6 is 50.9 Å². The molecule has 33 heavy (non-hydrogen) atoms. The number of aryl methyl sites for hydroxylation is 1. The minimum Gasteiger partial charge on any atom is -0.488 e. The SMILES string of the molecule is Cc1cccc(CN2C(=O)S/C(=C\c3cc(Br)ccc3OCc3ccc(Cl)cc3Cl)C2=O)c1. The standard InChI is InChI=1S/C25H18BrCl2NO3S/c1-15-3-2-4-16(9-15)13-29-24(30)23(33-25(29)31)11-18-10-19(26)6-8-22(18)32-14-17-5-7-20(27)12-21(17)28/h2-12H,13-14H2,1H3/b23-11-. The molecule has 0 bridgehead atoms. The summed E-state index contributed by atoms with van der Waals surface area (Å²) in [5, 5.41) is 0.770. The number of halogens is 3. The predicted molar refractivity (Wildman–Crippen MR) is 138 cm³/mol. The lowest BCUT2D eigenvalue weighted by molar-refractivity contribution is -0.123. The van der Waals surface area contributed by atoms with Crippen LogP contribution in [0, 0.1) is 6.92 Å². The summed E-state index contributed by atoms with van der Waals surface area (Å²) in [7, 11) is 0. The molecule has 0 aromatic heterocycles. The molecular weight excluding hydrogens is 545 g/mol. The third-order valence-electron chi connectivity index (χ3n) is 4.95. The highest BCUT2D eigenvalue weighted by atomic mass is 79.9. The van der Waals surface area contributed by atoms with E-state index in [2.05, 4.69) is 15.9 Å². The third kappa shape index (κ3) is 5.82. The van der Waals surface area contributed by atoms with Crippen LogP contribution in [0.15, 0.2) is 70.0 Å². The zero-order chi connectivity index (χ0) is 23.5.